The monoisotopic (exact) mass is 311 g/mol. The van der Waals surface area contributed by atoms with Crippen LogP contribution in [0.5, 0.6) is 0 Å². The molecule has 0 amide bonds. The fourth-order valence-corrected chi connectivity index (χ4v) is 4.90. The van der Waals surface area contributed by atoms with E-state index in [9.17, 15) is 18.3 Å². The topological polar surface area (TPSA) is 83.5 Å². The maximum Gasteiger partial charge on any atom is 0.347 e. The molecule has 2 aromatic rings. The highest BCUT2D eigenvalue weighted by atomic mass is 32.2. The van der Waals surface area contributed by atoms with E-state index in [1.165, 1.54) is 0 Å². The molecule has 0 atom stereocenters. The highest BCUT2D eigenvalue weighted by Crippen LogP contribution is 2.35. The molecule has 0 unspecified atom stereocenters. The maximum atomic E-state index is 12.4. The SMILES string of the molecule is O=C(O)c1sc2ccccc2c1S(=O)(=O)NCC1CC1. The van der Waals surface area contributed by atoms with Gasteiger partial charge in [0.1, 0.15) is 9.77 Å². The average Bonchev–Trinajstić information content (AvgIpc) is 3.14. The third-order valence-corrected chi connectivity index (χ3v) is 6.07. The van der Waals surface area contributed by atoms with Crippen molar-refractivity contribution in [1.82, 2.24) is 4.72 Å². The number of carboxylic acid groups (broad SMARTS) is 1. The van der Waals surface area contributed by atoms with E-state index in [0.29, 0.717) is 22.5 Å². The summed E-state index contributed by atoms with van der Waals surface area (Å²) in [6.45, 7) is 0.381. The summed E-state index contributed by atoms with van der Waals surface area (Å²) in [6.07, 6.45) is 2.05. The number of rotatable bonds is 5. The molecule has 1 saturated carbocycles. The van der Waals surface area contributed by atoms with Gasteiger partial charge in [0.15, 0.2) is 0 Å². The maximum absolute atomic E-state index is 12.4. The van der Waals surface area contributed by atoms with Gasteiger partial charge in [0.25, 0.3) is 0 Å². The van der Waals surface area contributed by atoms with Crippen molar-refractivity contribution < 1.29 is 18.3 Å². The van der Waals surface area contributed by atoms with Gasteiger partial charge in [0.05, 0.1) is 0 Å². The highest BCUT2D eigenvalue weighted by molar-refractivity contribution is 7.90. The molecule has 0 spiro atoms. The van der Waals surface area contributed by atoms with E-state index in [0.717, 1.165) is 24.2 Å². The molecule has 106 valence electrons. The van der Waals surface area contributed by atoms with Gasteiger partial charge >= 0.3 is 5.97 Å². The number of thiophene rings is 1. The Hall–Kier alpha value is -1.44. The lowest BCUT2D eigenvalue weighted by molar-refractivity contribution is 0.0698. The van der Waals surface area contributed by atoms with E-state index in [-0.39, 0.29) is 9.77 Å². The lowest BCUT2D eigenvalue weighted by atomic mass is 10.2. The number of hydrogen-bond acceptors (Lipinski definition) is 4. The van der Waals surface area contributed by atoms with Crippen molar-refractivity contribution in [1.29, 1.82) is 0 Å². The number of benzene rings is 1. The minimum absolute atomic E-state index is 0.105. The molecule has 3 rings (SSSR count). The second-order valence-electron chi connectivity index (χ2n) is 4.86. The molecule has 0 saturated heterocycles. The summed E-state index contributed by atoms with van der Waals surface area (Å²) >= 11 is 0.990. The third-order valence-electron chi connectivity index (χ3n) is 3.27. The minimum Gasteiger partial charge on any atom is -0.477 e. The van der Waals surface area contributed by atoms with Crippen LogP contribution < -0.4 is 4.72 Å². The predicted octanol–water partition coefficient (Wildman–Crippen LogP) is 2.29. The molecule has 1 aromatic carbocycles. The van der Waals surface area contributed by atoms with Crippen molar-refractivity contribution in [3.8, 4) is 0 Å². The van der Waals surface area contributed by atoms with Crippen molar-refractivity contribution in [2.24, 2.45) is 5.92 Å². The summed E-state index contributed by atoms with van der Waals surface area (Å²) in [5.74, 6) is -0.819. The van der Waals surface area contributed by atoms with Gasteiger partial charge in [-0.05, 0) is 24.8 Å². The van der Waals surface area contributed by atoms with Crippen LogP contribution >= 0.6 is 11.3 Å². The van der Waals surface area contributed by atoms with Gasteiger partial charge in [0, 0.05) is 16.6 Å². The van der Waals surface area contributed by atoms with Crippen LogP contribution in [0.2, 0.25) is 0 Å². The second kappa shape index (κ2) is 4.83. The fraction of sp³-hybridized carbons (Fsp3) is 0.308. The fourth-order valence-electron chi connectivity index (χ4n) is 2.05. The zero-order chi connectivity index (χ0) is 14.3. The quantitative estimate of drug-likeness (QED) is 0.887. The normalized spacial score (nSPS) is 15.6. The first-order valence-electron chi connectivity index (χ1n) is 6.23. The van der Waals surface area contributed by atoms with E-state index in [1.54, 1.807) is 24.3 Å². The molecule has 1 fully saturated rings. The van der Waals surface area contributed by atoms with Gasteiger partial charge in [0.2, 0.25) is 10.0 Å². The second-order valence-corrected chi connectivity index (χ2v) is 7.61. The minimum atomic E-state index is -3.79. The molecule has 0 aliphatic heterocycles. The van der Waals surface area contributed by atoms with E-state index in [2.05, 4.69) is 4.72 Å². The number of aromatic carboxylic acids is 1. The van der Waals surface area contributed by atoms with Crippen molar-refractivity contribution in [3.63, 3.8) is 0 Å². The number of nitrogens with one attached hydrogen (secondary N) is 1. The van der Waals surface area contributed by atoms with Gasteiger partial charge < -0.3 is 5.11 Å². The van der Waals surface area contributed by atoms with Crippen molar-refractivity contribution >= 4 is 37.4 Å². The number of carbonyl (C=O) groups is 1. The number of fused-ring (bicyclic) bond motifs is 1. The molecule has 7 heteroatoms. The summed E-state index contributed by atoms with van der Waals surface area (Å²) in [5.41, 5.74) is 0. The van der Waals surface area contributed by atoms with Crippen LogP contribution in [0.4, 0.5) is 0 Å². The van der Waals surface area contributed by atoms with E-state index in [4.69, 9.17) is 0 Å². The molecule has 1 aliphatic carbocycles. The standard InChI is InChI=1S/C13H13NO4S2/c15-13(16)11-12(9-3-1-2-4-10(9)19-11)20(17,18)14-7-8-5-6-8/h1-4,8,14H,5-7H2,(H,15,16). The van der Waals surface area contributed by atoms with E-state index < -0.39 is 16.0 Å². The van der Waals surface area contributed by atoms with Crippen LogP contribution in [0, 0.1) is 5.92 Å². The molecule has 5 nitrogen and oxygen atoms in total. The van der Waals surface area contributed by atoms with Crippen molar-refractivity contribution in [3.05, 3.63) is 29.1 Å². The van der Waals surface area contributed by atoms with E-state index in [1.807, 2.05) is 0 Å². The third kappa shape index (κ3) is 2.44. The van der Waals surface area contributed by atoms with Crippen LogP contribution in [0.1, 0.15) is 22.5 Å². The molecule has 0 bridgehead atoms. The zero-order valence-electron chi connectivity index (χ0n) is 10.5. The first-order valence-corrected chi connectivity index (χ1v) is 8.53. The largest absolute Gasteiger partial charge is 0.477 e. The Morgan fingerprint density at radius 1 is 1.35 bits per heavy atom. The van der Waals surface area contributed by atoms with Gasteiger partial charge in [-0.1, -0.05) is 18.2 Å². The molecule has 0 radical (unpaired) electrons. The van der Waals surface area contributed by atoms with Gasteiger partial charge in [-0.25, -0.2) is 17.9 Å². The Balaban J connectivity index is 2.12. The van der Waals surface area contributed by atoms with Gasteiger partial charge in [-0.15, -0.1) is 11.3 Å². The Labute approximate surface area is 120 Å². The molecule has 2 N–H and O–H groups in total. The van der Waals surface area contributed by atoms with Crippen molar-refractivity contribution in [2.75, 3.05) is 6.54 Å². The van der Waals surface area contributed by atoms with Crippen LogP contribution in [0.15, 0.2) is 29.2 Å². The zero-order valence-corrected chi connectivity index (χ0v) is 12.1. The summed E-state index contributed by atoms with van der Waals surface area (Å²) in [6, 6.07) is 6.84. The Morgan fingerprint density at radius 2 is 2.05 bits per heavy atom. The van der Waals surface area contributed by atoms with Crippen LogP contribution in [0.25, 0.3) is 10.1 Å². The number of hydrogen-bond donors (Lipinski definition) is 2. The first-order chi connectivity index (χ1) is 9.49. The van der Waals surface area contributed by atoms with Crippen molar-refractivity contribution in [2.45, 2.75) is 17.7 Å². The van der Waals surface area contributed by atoms with Gasteiger partial charge in [-0.2, -0.15) is 0 Å². The highest BCUT2D eigenvalue weighted by Gasteiger charge is 2.30. The number of sulfonamides is 1. The average molecular weight is 311 g/mol. The lowest BCUT2D eigenvalue weighted by Gasteiger charge is -2.06. The number of carboxylic acids is 1. The Kier molecular flexibility index (Phi) is 3.27. The first kappa shape index (κ1) is 13.5. The molecule has 1 heterocycles. The lowest BCUT2D eigenvalue weighted by Crippen LogP contribution is -2.26. The van der Waals surface area contributed by atoms with Gasteiger partial charge in [-0.3, -0.25) is 0 Å². The summed E-state index contributed by atoms with van der Waals surface area (Å²) in [4.78, 5) is 11.1. The molecule has 1 aromatic heterocycles. The Morgan fingerprint density at radius 3 is 2.70 bits per heavy atom. The van der Waals surface area contributed by atoms with Crippen LogP contribution in [-0.2, 0) is 10.0 Å². The molecular weight excluding hydrogens is 298 g/mol. The van der Waals surface area contributed by atoms with E-state index >= 15 is 0 Å². The summed E-state index contributed by atoms with van der Waals surface area (Å²) < 4.78 is 28.0. The van der Waals surface area contributed by atoms with Crippen LogP contribution in [0.3, 0.4) is 0 Å². The summed E-state index contributed by atoms with van der Waals surface area (Å²) in [7, 11) is -3.79. The molecular formula is C13H13NO4S2. The Bertz CT molecular complexity index is 775. The molecule has 20 heavy (non-hydrogen) atoms. The van der Waals surface area contributed by atoms with Crippen LogP contribution in [-0.4, -0.2) is 26.0 Å². The summed E-state index contributed by atoms with van der Waals surface area (Å²) in [5, 5.41) is 9.71. The predicted molar refractivity (Wildman–Crippen MR) is 76.7 cm³/mol. The smallest absolute Gasteiger partial charge is 0.347 e. The molecule has 1 aliphatic rings.